The molecule has 1 amide bonds. The number of amides is 1. The molecule has 6 nitrogen and oxygen atoms in total. The molecular weight excluding hydrogens is 436 g/mol. The Hall–Kier alpha value is -3.32. The number of ether oxygens (including phenoxy) is 1. The van der Waals surface area contributed by atoms with Crippen LogP contribution in [0.15, 0.2) is 77.7 Å². The van der Waals surface area contributed by atoms with E-state index < -0.39 is 15.9 Å². The van der Waals surface area contributed by atoms with E-state index in [9.17, 15) is 13.2 Å². The lowest BCUT2D eigenvalue weighted by Crippen LogP contribution is -2.42. The lowest BCUT2D eigenvalue weighted by atomic mass is 10.0. The number of methoxy groups -OCH3 is 1. The van der Waals surface area contributed by atoms with E-state index in [1.54, 1.807) is 36.4 Å². The Labute approximate surface area is 196 Å². The van der Waals surface area contributed by atoms with E-state index in [4.69, 9.17) is 4.74 Å². The van der Waals surface area contributed by atoms with Crippen molar-refractivity contribution < 1.29 is 17.9 Å². The van der Waals surface area contributed by atoms with Crippen LogP contribution in [0.2, 0.25) is 0 Å². The van der Waals surface area contributed by atoms with Crippen molar-refractivity contribution in [2.24, 2.45) is 0 Å². The molecule has 0 bridgehead atoms. The molecule has 0 unspecified atom stereocenters. The molecule has 1 atom stereocenters. The Morgan fingerprint density at radius 2 is 1.61 bits per heavy atom. The maximum absolute atomic E-state index is 13.6. The lowest BCUT2D eigenvalue weighted by molar-refractivity contribution is -0.119. The molecule has 33 heavy (non-hydrogen) atoms. The third-order valence-corrected chi connectivity index (χ3v) is 7.25. The SMILES string of the molecule is COc1ccc(C)cc1N(CC(=O)NC[C@@H](C)c1ccccc1)S(=O)(=O)c1ccc(C)cc1. The van der Waals surface area contributed by atoms with Gasteiger partial charge in [-0.3, -0.25) is 9.10 Å². The van der Waals surface area contributed by atoms with Crippen molar-refractivity contribution in [2.45, 2.75) is 31.6 Å². The summed E-state index contributed by atoms with van der Waals surface area (Å²) >= 11 is 0. The van der Waals surface area contributed by atoms with E-state index in [0.29, 0.717) is 18.0 Å². The zero-order valence-electron chi connectivity index (χ0n) is 19.4. The van der Waals surface area contributed by atoms with Crippen LogP contribution in [0.1, 0.15) is 29.5 Å². The molecule has 0 radical (unpaired) electrons. The summed E-state index contributed by atoms with van der Waals surface area (Å²) < 4.78 is 33.8. The normalized spacial score (nSPS) is 12.1. The molecule has 0 fully saturated rings. The Morgan fingerprint density at radius 3 is 2.24 bits per heavy atom. The molecule has 0 aliphatic carbocycles. The van der Waals surface area contributed by atoms with E-state index >= 15 is 0 Å². The van der Waals surface area contributed by atoms with Crippen LogP contribution >= 0.6 is 0 Å². The minimum Gasteiger partial charge on any atom is -0.495 e. The van der Waals surface area contributed by atoms with Crippen LogP contribution in [0.25, 0.3) is 0 Å². The molecule has 0 aliphatic heterocycles. The van der Waals surface area contributed by atoms with Gasteiger partial charge in [0.2, 0.25) is 5.91 Å². The van der Waals surface area contributed by atoms with Crippen molar-refractivity contribution in [1.29, 1.82) is 0 Å². The van der Waals surface area contributed by atoms with Gasteiger partial charge in [-0.1, -0.05) is 61.0 Å². The smallest absolute Gasteiger partial charge is 0.264 e. The fraction of sp³-hybridized carbons (Fsp3) is 0.269. The first-order chi connectivity index (χ1) is 15.7. The van der Waals surface area contributed by atoms with Gasteiger partial charge < -0.3 is 10.1 Å². The monoisotopic (exact) mass is 466 g/mol. The summed E-state index contributed by atoms with van der Waals surface area (Å²) in [6.07, 6.45) is 0. The van der Waals surface area contributed by atoms with Gasteiger partial charge in [0.1, 0.15) is 12.3 Å². The van der Waals surface area contributed by atoms with Crippen molar-refractivity contribution in [3.8, 4) is 5.75 Å². The first kappa shape index (κ1) is 24.3. The maximum atomic E-state index is 13.6. The van der Waals surface area contributed by atoms with Crippen molar-refractivity contribution >= 4 is 21.6 Å². The van der Waals surface area contributed by atoms with E-state index in [1.165, 1.54) is 7.11 Å². The third-order valence-electron chi connectivity index (χ3n) is 5.47. The number of sulfonamides is 1. The number of benzene rings is 3. The predicted molar refractivity (Wildman–Crippen MR) is 131 cm³/mol. The topological polar surface area (TPSA) is 75.7 Å². The summed E-state index contributed by atoms with van der Waals surface area (Å²) in [5, 5.41) is 2.88. The number of rotatable bonds is 9. The minimum absolute atomic E-state index is 0.0887. The van der Waals surface area contributed by atoms with Crippen molar-refractivity contribution in [1.82, 2.24) is 5.32 Å². The van der Waals surface area contributed by atoms with Gasteiger partial charge in [0.25, 0.3) is 10.0 Å². The Kier molecular flexibility index (Phi) is 7.76. The number of hydrogen-bond acceptors (Lipinski definition) is 4. The summed E-state index contributed by atoms with van der Waals surface area (Å²) in [6.45, 7) is 5.80. The number of aryl methyl sites for hydroxylation is 2. The highest BCUT2D eigenvalue weighted by molar-refractivity contribution is 7.92. The van der Waals surface area contributed by atoms with E-state index in [0.717, 1.165) is 21.0 Å². The first-order valence-corrected chi connectivity index (χ1v) is 12.2. The molecule has 3 aromatic rings. The maximum Gasteiger partial charge on any atom is 0.264 e. The Balaban J connectivity index is 1.90. The van der Waals surface area contributed by atoms with Crippen LogP contribution < -0.4 is 14.4 Å². The number of hydrogen-bond donors (Lipinski definition) is 1. The van der Waals surface area contributed by atoms with Crippen LogP contribution in [0.4, 0.5) is 5.69 Å². The van der Waals surface area contributed by atoms with Crippen LogP contribution in [-0.2, 0) is 14.8 Å². The second kappa shape index (κ2) is 10.5. The van der Waals surface area contributed by atoms with Crippen LogP contribution in [0, 0.1) is 13.8 Å². The Bertz CT molecular complexity index is 1190. The number of carbonyl (C=O) groups is 1. The summed E-state index contributed by atoms with van der Waals surface area (Å²) in [6, 6.07) is 21.7. The molecular formula is C26H30N2O4S. The van der Waals surface area contributed by atoms with Gasteiger partial charge in [-0.15, -0.1) is 0 Å². The highest BCUT2D eigenvalue weighted by atomic mass is 32.2. The molecule has 3 aromatic carbocycles. The van der Waals surface area contributed by atoms with Crippen LogP contribution in [-0.4, -0.2) is 34.5 Å². The highest BCUT2D eigenvalue weighted by Gasteiger charge is 2.29. The van der Waals surface area contributed by atoms with E-state index in [2.05, 4.69) is 5.32 Å². The van der Waals surface area contributed by atoms with Gasteiger partial charge in [-0.25, -0.2) is 8.42 Å². The predicted octanol–water partition coefficient (Wildman–Crippen LogP) is 4.43. The van der Waals surface area contributed by atoms with E-state index in [1.807, 2.05) is 57.2 Å². The van der Waals surface area contributed by atoms with Gasteiger partial charge in [0.05, 0.1) is 17.7 Å². The van der Waals surface area contributed by atoms with Crippen LogP contribution in [0.5, 0.6) is 5.75 Å². The van der Waals surface area contributed by atoms with Crippen molar-refractivity contribution in [3.05, 3.63) is 89.5 Å². The van der Waals surface area contributed by atoms with Gasteiger partial charge in [0, 0.05) is 6.54 Å². The van der Waals surface area contributed by atoms with Crippen molar-refractivity contribution in [2.75, 3.05) is 24.5 Å². The second-order valence-electron chi connectivity index (χ2n) is 8.12. The molecule has 0 aliphatic rings. The molecule has 0 spiro atoms. The summed E-state index contributed by atoms with van der Waals surface area (Å²) in [5.41, 5.74) is 3.22. The molecule has 1 N–H and O–H groups in total. The first-order valence-electron chi connectivity index (χ1n) is 10.8. The molecule has 0 aromatic heterocycles. The summed E-state index contributed by atoms with van der Waals surface area (Å²) in [4.78, 5) is 13.0. The molecule has 0 saturated heterocycles. The zero-order chi connectivity index (χ0) is 24.0. The van der Waals surface area contributed by atoms with Gasteiger partial charge >= 0.3 is 0 Å². The molecule has 3 rings (SSSR count). The minimum atomic E-state index is -4.01. The highest BCUT2D eigenvalue weighted by Crippen LogP contribution is 2.33. The van der Waals surface area contributed by atoms with Gasteiger partial charge in [-0.2, -0.15) is 0 Å². The Morgan fingerprint density at radius 1 is 0.970 bits per heavy atom. The van der Waals surface area contributed by atoms with Crippen LogP contribution in [0.3, 0.4) is 0 Å². The fourth-order valence-electron chi connectivity index (χ4n) is 3.48. The van der Waals surface area contributed by atoms with E-state index in [-0.39, 0.29) is 17.4 Å². The van der Waals surface area contributed by atoms with Gasteiger partial charge in [-0.05, 0) is 55.2 Å². The number of anilines is 1. The number of carbonyl (C=O) groups excluding carboxylic acids is 1. The summed E-state index contributed by atoms with van der Waals surface area (Å²) in [5.74, 6) is 0.0737. The van der Waals surface area contributed by atoms with Gasteiger partial charge in [0.15, 0.2) is 0 Å². The molecule has 7 heteroatoms. The third kappa shape index (κ3) is 5.93. The fourth-order valence-corrected chi connectivity index (χ4v) is 4.91. The summed E-state index contributed by atoms with van der Waals surface area (Å²) in [7, 11) is -2.53. The molecule has 0 saturated carbocycles. The average Bonchev–Trinajstić information content (AvgIpc) is 2.81. The van der Waals surface area contributed by atoms with Crippen molar-refractivity contribution in [3.63, 3.8) is 0 Å². The second-order valence-corrected chi connectivity index (χ2v) is 9.98. The molecule has 0 heterocycles. The number of nitrogens with zero attached hydrogens (tertiary/aromatic N) is 1. The number of nitrogens with one attached hydrogen (secondary N) is 1. The molecule has 174 valence electrons. The standard InChI is InChI=1S/C26H30N2O4S/c1-19-10-13-23(14-11-19)33(30,31)28(24-16-20(2)12-15-25(24)32-4)18-26(29)27-17-21(3)22-8-6-5-7-9-22/h5-16,21H,17-18H2,1-4H3,(H,27,29)/t21-/m1/s1. The quantitative estimate of drug-likeness (QED) is 0.506. The lowest BCUT2D eigenvalue weighted by Gasteiger charge is -2.26. The average molecular weight is 467 g/mol. The largest absolute Gasteiger partial charge is 0.495 e. The zero-order valence-corrected chi connectivity index (χ0v) is 20.2.